The molecule has 0 saturated carbocycles. The van der Waals surface area contributed by atoms with E-state index in [0.29, 0.717) is 68.2 Å². The highest BCUT2D eigenvalue weighted by atomic mass is 16.5. The van der Waals surface area contributed by atoms with Gasteiger partial charge in [-0.05, 0) is 54.7 Å². The molecule has 1 N–H and O–H groups in total. The van der Waals surface area contributed by atoms with Crippen LogP contribution < -0.4 is 14.8 Å². The molecule has 2 aliphatic heterocycles. The lowest BCUT2D eigenvalue weighted by Crippen LogP contribution is -2.57. The average molecular weight is 531 g/mol. The molecular weight excluding hydrogens is 496 g/mol. The van der Waals surface area contributed by atoms with Gasteiger partial charge in [0.25, 0.3) is 5.91 Å². The van der Waals surface area contributed by atoms with E-state index in [0.717, 1.165) is 23.2 Å². The summed E-state index contributed by atoms with van der Waals surface area (Å²) in [6, 6.07) is 13.1. The van der Waals surface area contributed by atoms with Crippen LogP contribution in [0.1, 0.15) is 53.4 Å². The van der Waals surface area contributed by atoms with Crippen LogP contribution in [0.25, 0.3) is 0 Å². The van der Waals surface area contributed by atoms with Crippen LogP contribution in [-0.4, -0.2) is 59.0 Å². The normalized spacial score (nSPS) is 19.5. The van der Waals surface area contributed by atoms with Gasteiger partial charge in [0.05, 0.1) is 37.1 Å². The van der Waals surface area contributed by atoms with Crippen molar-refractivity contribution in [2.24, 2.45) is 0 Å². The number of nitrogens with one attached hydrogen (secondary N) is 1. The van der Waals surface area contributed by atoms with E-state index in [2.05, 4.69) is 22.2 Å². The Morgan fingerprint density at radius 3 is 2.92 bits per heavy atom. The number of ether oxygens (including phenoxy) is 3. The molecule has 0 unspecified atom stereocenters. The number of nitrogens with zero attached hydrogens (tertiary/aromatic N) is 3. The molecule has 0 aliphatic carbocycles. The molecule has 9 nitrogen and oxygen atoms in total. The minimum absolute atomic E-state index is 0.0914. The maximum atomic E-state index is 13.5. The Morgan fingerprint density at radius 2 is 2.08 bits per heavy atom. The molecule has 204 valence electrons. The van der Waals surface area contributed by atoms with Crippen LogP contribution in [0.15, 0.2) is 55.0 Å². The van der Waals surface area contributed by atoms with Crippen LogP contribution in [0.2, 0.25) is 0 Å². The molecule has 2 aromatic carbocycles. The van der Waals surface area contributed by atoms with Crippen molar-refractivity contribution in [3.05, 3.63) is 77.4 Å². The number of aromatic nitrogens is 2. The van der Waals surface area contributed by atoms with Crippen molar-refractivity contribution in [2.45, 2.75) is 57.8 Å². The van der Waals surface area contributed by atoms with Crippen molar-refractivity contribution in [2.75, 3.05) is 20.2 Å². The fraction of sp³-hybridized carbons (Fsp3) is 0.400. The summed E-state index contributed by atoms with van der Waals surface area (Å²) in [5.41, 5.74) is 3.19. The fourth-order valence-electron chi connectivity index (χ4n) is 5.12. The third-order valence-corrected chi connectivity index (χ3v) is 7.15. The second-order valence-corrected chi connectivity index (χ2v) is 9.93. The highest BCUT2D eigenvalue weighted by Crippen LogP contribution is 2.33. The Bertz CT molecular complexity index is 1330. The molecule has 2 amide bonds. The number of benzene rings is 2. The Hall–Kier alpha value is -3.98. The zero-order valence-corrected chi connectivity index (χ0v) is 22.4. The SMILES string of the molecule is CCCc1ncncc1C(=O)N1CC[C@H]2OCc3cccc(c3)Oc3cc(ccc3OC)CCC(=O)N[C@H]2C1. The van der Waals surface area contributed by atoms with E-state index in [9.17, 15) is 9.59 Å². The molecule has 2 atom stereocenters. The van der Waals surface area contributed by atoms with Crippen molar-refractivity contribution in [1.82, 2.24) is 20.2 Å². The van der Waals surface area contributed by atoms with Crippen LogP contribution in [0.4, 0.5) is 0 Å². The molecule has 3 heterocycles. The number of methoxy groups -OCH3 is 1. The van der Waals surface area contributed by atoms with Gasteiger partial charge in [-0.25, -0.2) is 9.97 Å². The smallest absolute Gasteiger partial charge is 0.257 e. The summed E-state index contributed by atoms with van der Waals surface area (Å²) in [7, 11) is 1.60. The van der Waals surface area contributed by atoms with Crippen LogP contribution in [-0.2, 0) is 29.0 Å². The number of carbonyl (C=O) groups is 2. The van der Waals surface area contributed by atoms with Crippen LogP contribution >= 0.6 is 0 Å². The third-order valence-electron chi connectivity index (χ3n) is 7.15. The molecule has 3 aromatic rings. The highest BCUT2D eigenvalue weighted by molar-refractivity contribution is 5.95. The van der Waals surface area contributed by atoms with E-state index >= 15 is 0 Å². The zero-order valence-electron chi connectivity index (χ0n) is 22.4. The van der Waals surface area contributed by atoms with Gasteiger partial charge in [0.15, 0.2) is 11.5 Å². The van der Waals surface area contributed by atoms with Crippen LogP contribution in [0, 0.1) is 0 Å². The number of aryl methyl sites for hydroxylation is 2. The van der Waals surface area contributed by atoms with E-state index in [1.54, 1.807) is 18.2 Å². The van der Waals surface area contributed by atoms with Gasteiger partial charge in [0, 0.05) is 25.7 Å². The predicted molar refractivity (Wildman–Crippen MR) is 145 cm³/mol. The first kappa shape index (κ1) is 26.6. The quantitative estimate of drug-likeness (QED) is 0.542. The lowest BCUT2D eigenvalue weighted by molar-refractivity contribution is -0.124. The summed E-state index contributed by atoms with van der Waals surface area (Å²) in [5, 5.41) is 3.16. The molecule has 0 spiro atoms. The number of amides is 2. The zero-order chi connectivity index (χ0) is 27.2. The summed E-state index contributed by atoms with van der Waals surface area (Å²) in [5.74, 6) is 1.69. The highest BCUT2D eigenvalue weighted by Gasteiger charge is 2.34. The lowest BCUT2D eigenvalue weighted by atomic mass is 9.99. The van der Waals surface area contributed by atoms with Crippen LogP contribution in [0.3, 0.4) is 0 Å². The van der Waals surface area contributed by atoms with Gasteiger partial charge in [-0.3, -0.25) is 9.59 Å². The van der Waals surface area contributed by atoms with E-state index < -0.39 is 0 Å². The van der Waals surface area contributed by atoms with Gasteiger partial charge in [-0.2, -0.15) is 0 Å². The largest absolute Gasteiger partial charge is 0.493 e. The topological polar surface area (TPSA) is 103 Å². The third kappa shape index (κ3) is 6.37. The maximum Gasteiger partial charge on any atom is 0.257 e. The predicted octanol–water partition coefficient (Wildman–Crippen LogP) is 4.09. The van der Waals surface area contributed by atoms with Gasteiger partial charge in [0.2, 0.25) is 5.91 Å². The summed E-state index contributed by atoms with van der Waals surface area (Å²) >= 11 is 0. The fourth-order valence-corrected chi connectivity index (χ4v) is 5.12. The van der Waals surface area contributed by atoms with Gasteiger partial charge in [-0.15, -0.1) is 0 Å². The molecule has 5 rings (SSSR count). The number of likely N-dealkylation sites (tertiary alicyclic amines) is 1. The molecule has 1 aromatic heterocycles. The Kier molecular flexibility index (Phi) is 8.36. The van der Waals surface area contributed by atoms with Crippen molar-refractivity contribution in [3.8, 4) is 17.2 Å². The second kappa shape index (κ2) is 12.3. The molecule has 4 bridgehead atoms. The van der Waals surface area contributed by atoms with E-state index in [-0.39, 0.29) is 24.0 Å². The van der Waals surface area contributed by atoms with Gasteiger partial charge in [-0.1, -0.05) is 31.5 Å². The molecule has 1 fully saturated rings. The van der Waals surface area contributed by atoms with Gasteiger partial charge < -0.3 is 24.4 Å². The average Bonchev–Trinajstić information content (AvgIpc) is 2.95. The number of fused-ring (bicyclic) bond motifs is 5. The first-order valence-corrected chi connectivity index (χ1v) is 13.5. The summed E-state index contributed by atoms with van der Waals surface area (Å²) in [6.07, 6.45) is 5.85. The number of rotatable bonds is 4. The molecular formula is C30H34N4O5. The van der Waals surface area contributed by atoms with Crippen molar-refractivity contribution in [3.63, 3.8) is 0 Å². The molecule has 39 heavy (non-hydrogen) atoms. The second-order valence-electron chi connectivity index (χ2n) is 9.93. The molecule has 9 heteroatoms. The lowest BCUT2D eigenvalue weighted by Gasteiger charge is -2.39. The first-order chi connectivity index (χ1) is 19.0. The molecule has 0 radical (unpaired) electrons. The molecule has 2 aliphatic rings. The van der Waals surface area contributed by atoms with Gasteiger partial charge in [0.1, 0.15) is 12.1 Å². The van der Waals surface area contributed by atoms with Crippen molar-refractivity contribution < 1.29 is 23.8 Å². The standard InChI is InChI=1S/C30H34N4O5/c1-3-5-24-23(16-31-19-32-24)30(36)34-13-12-26-25(17-34)33-29(35)11-9-20-8-10-27(37-2)28(15-20)39-22-7-4-6-21(14-22)18-38-26/h4,6-8,10,14-16,19,25-26H,3,5,9,11-13,17-18H2,1-2H3,(H,33,35)/t25-,26+/m0/s1. The molecule has 1 saturated heterocycles. The van der Waals surface area contributed by atoms with E-state index in [4.69, 9.17) is 14.2 Å². The minimum Gasteiger partial charge on any atom is -0.493 e. The Labute approximate surface area is 228 Å². The van der Waals surface area contributed by atoms with Crippen molar-refractivity contribution in [1.29, 1.82) is 0 Å². The number of hydrogen-bond donors (Lipinski definition) is 1. The Balaban J connectivity index is 1.38. The van der Waals surface area contributed by atoms with Gasteiger partial charge >= 0.3 is 0 Å². The maximum absolute atomic E-state index is 13.5. The summed E-state index contributed by atoms with van der Waals surface area (Å²) in [6.45, 7) is 3.28. The minimum atomic E-state index is -0.342. The number of carbonyl (C=O) groups excluding carboxylic acids is 2. The van der Waals surface area contributed by atoms with E-state index in [1.165, 1.54) is 6.33 Å². The monoisotopic (exact) mass is 530 g/mol. The number of piperidine rings is 1. The summed E-state index contributed by atoms with van der Waals surface area (Å²) in [4.78, 5) is 36.8. The van der Waals surface area contributed by atoms with E-state index in [1.807, 2.05) is 42.5 Å². The Morgan fingerprint density at radius 1 is 1.18 bits per heavy atom. The van der Waals surface area contributed by atoms with Crippen LogP contribution in [0.5, 0.6) is 17.2 Å². The first-order valence-electron chi connectivity index (χ1n) is 13.5. The summed E-state index contributed by atoms with van der Waals surface area (Å²) < 4.78 is 18.0. The number of hydrogen-bond acceptors (Lipinski definition) is 7. The van der Waals surface area contributed by atoms with Crippen molar-refractivity contribution >= 4 is 11.8 Å².